The highest BCUT2D eigenvalue weighted by atomic mass is 16.5. The van der Waals surface area contributed by atoms with E-state index in [1.165, 1.54) is 0 Å². The monoisotopic (exact) mass is 629 g/mol. The zero-order valence-electron chi connectivity index (χ0n) is 25.6. The Balaban J connectivity index is 1.25. The molecule has 0 unspecified atom stereocenters. The molecular formula is C33H39N7O6. The van der Waals surface area contributed by atoms with Gasteiger partial charge in [0.25, 0.3) is 5.91 Å². The average molecular weight is 630 g/mol. The molecule has 0 spiro atoms. The quantitative estimate of drug-likeness (QED) is 0.0904. The van der Waals surface area contributed by atoms with Crippen molar-refractivity contribution in [2.45, 2.75) is 19.0 Å². The molecule has 1 atom stereocenters. The van der Waals surface area contributed by atoms with Gasteiger partial charge in [-0.2, -0.15) is 15.0 Å². The van der Waals surface area contributed by atoms with E-state index in [1.54, 1.807) is 19.2 Å². The zero-order chi connectivity index (χ0) is 32.4. The summed E-state index contributed by atoms with van der Waals surface area (Å²) in [6.45, 7) is 2.68. The van der Waals surface area contributed by atoms with E-state index < -0.39 is 12.0 Å². The van der Waals surface area contributed by atoms with Crippen LogP contribution in [-0.2, 0) is 27.2 Å². The first kappa shape index (κ1) is 33.6. The molecule has 0 aliphatic heterocycles. The van der Waals surface area contributed by atoms with E-state index in [4.69, 9.17) is 14.2 Å². The molecule has 4 rings (SSSR count). The summed E-state index contributed by atoms with van der Waals surface area (Å²) in [5.74, 6) is 0.228. The van der Waals surface area contributed by atoms with Crippen molar-refractivity contribution in [3.8, 4) is 5.75 Å². The molecule has 0 aliphatic rings. The van der Waals surface area contributed by atoms with Crippen LogP contribution < -0.4 is 26.0 Å². The average Bonchev–Trinajstić information content (AvgIpc) is 3.08. The molecule has 0 fully saturated rings. The van der Waals surface area contributed by atoms with Crippen LogP contribution in [0.25, 0.3) is 0 Å². The van der Waals surface area contributed by atoms with Gasteiger partial charge in [0, 0.05) is 31.6 Å². The van der Waals surface area contributed by atoms with E-state index in [0.717, 1.165) is 16.9 Å². The Kier molecular flexibility index (Phi) is 13.5. The van der Waals surface area contributed by atoms with Gasteiger partial charge in [-0.1, -0.05) is 60.7 Å². The van der Waals surface area contributed by atoms with Gasteiger partial charge in [-0.3, -0.25) is 4.79 Å². The van der Waals surface area contributed by atoms with E-state index in [2.05, 4.69) is 36.2 Å². The predicted octanol–water partition coefficient (Wildman–Crippen LogP) is 3.48. The number of hydrogen-bond acceptors (Lipinski definition) is 11. The molecule has 242 valence electrons. The SMILES string of the molecule is COc1ccc(CNc2nc(NCCOCCOCCNC(=O)c3ccccc3)nc(N[C@@H](Cc3ccccc3)C(=O)O)n2)cc1. The molecule has 1 heterocycles. The van der Waals surface area contributed by atoms with E-state index in [1.807, 2.05) is 72.8 Å². The second-order valence-electron chi connectivity index (χ2n) is 10.0. The van der Waals surface area contributed by atoms with Gasteiger partial charge < -0.3 is 40.6 Å². The normalized spacial score (nSPS) is 11.3. The van der Waals surface area contributed by atoms with Crippen molar-refractivity contribution in [1.82, 2.24) is 20.3 Å². The molecule has 0 saturated carbocycles. The first-order valence-electron chi connectivity index (χ1n) is 14.9. The minimum absolute atomic E-state index is 0.117. The highest BCUT2D eigenvalue weighted by molar-refractivity contribution is 5.94. The number of aromatic nitrogens is 3. The van der Waals surface area contributed by atoms with Gasteiger partial charge in [-0.15, -0.1) is 0 Å². The summed E-state index contributed by atoms with van der Waals surface area (Å²) in [7, 11) is 1.61. The molecule has 0 radical (unpaired) electrons. The van der Waals surface area contributed by atoms with E-state index in [9.17, 15) is 14.7 Å². The highest BCUT2D eigenvalue weighted by Crippen LogP contribution is 2.15. The lowest BCUT2D eigenvalue weighted by Gasteiger charge is -2.16. The van der Waals surface area contributed by atoms with Crippen molar-refractivity contribution in [1.29, 1.82) is 0 Å². The third-order valence-electron chi connectivity index (χ3n) is 6.60. The predicted molar refractivity (Wildman–Crippen MR) is 174 cm³/mol. The minimum atomic E-state index is -1.03. The van der Waals surface area contributed by atoms with Gasteiger partial charge in [0.05, 0.1) is 33.5 Å². The number of carbonyl (C=O) groups excluding carboxylic acids is 1. The molecule has 0 bridgehead atoms. The van der Waals surface area contributed by atoms with Crippen LogP contribution >= 0.6 is 0 Å². The molecule has 3 aromatic carbocycles. The summed E-state index contributed by atoms with van der Waals surface area (Å²) in [4.78, 5) is 37.4. The van der Waals surface area contributed by atoms with Crippen LogP contribution in [0.4, 0.5) is 17.8 Å². The van der Waals surface area contributed by atoms with Crippen LogP contribution in [-0.4, -0.2) is 84.6 Å². The summed E-state index contributed by atoms with van der Waals surface area (Å²) in [5.41, 5.74) is 2.45. The smallest absolute Gasteiger partial charge is 0.326 e. The number of methoxy groups -OCH3 is 1. The fourth-order valence-corrected chi connectivity index (χ4v) is 4.21. The number of anilines is 3. The molecule has 13 heteroatoms. The van der Waals surface area contributed by atoms with Gasteiger partial charge in [0.1, 0.15) is 11.8 Å². The number of hydrogen-bond donors (Lipinski definition) is 5. The Morgan fingerprint density at radius 3 is 1.98 bits per heavy atom. The van der Waals surface area contributed by atoms with Gasteiger partial charge in [-0.25, -0.2) is 4.79 Å². The second-order valence-corrected chi connectivity index (χ2v) is 10.0. The number of carboxylic acids is 1. The van der Waals surface area contributed by atoms with Crippen molar-refractivity contribution in [2.75, 3.05) is 62.6 Å². The maximum absolute atomic E-state index is 12.1. The maximum atomic E-state index is 12.1. The molecule has 0 aliphatic carbocycles. The van der Waals surface area contributed by atoms with Crippen LogP contribution in [0.3, 0.4) is 0 Å². The van der Waals surface area contributed by atoms with Gasteiger partial charge in [-0.05, 0) is 35.4 Å². The lowest BCUT2D eigenvalue weighted by molar-refractivity contribution is -0.137. The zero-order valence-corrected chi connectivity index (χ0v) is 25.6. The van der Waals surface area contributed by atoms with E-state index in [0.29, 0.717) is 51.6 Å². The number of nitrogens with one attached hydrogen (secondary N) is 4. The highest BCUT2D eigenvalue weighted by Gasteiger charge is 2.20. The topological polar surface area (TPSA) is 169 Å². The Morgan fingerprint density at radius 2 is 1.33 bits per heavy atom. The molecule has 5 N–H and O–H groups in total. The summed E-state index contributed by atoms with van der Waals surface area (Å²) in [5, 5.41) is 21.9. The third kappa shape index (κ3) is 11.7. The molecule has 0 saturated heterocycles. The van der Waals surface area contributed by atoms with E-state index >= 15 is 0 Å². The molecule has 1 amide bonds. The van der Waals surface area contributed by atoms with Crippen molar-refractivity contribution in [3.05, 3.63) is 102 Å². The standard InChI is InChI=1S/C33H39N7O6/c1-44-27-14-12-25(13-15-27)23-36-32-38-31(39-33(40-32)37-28(30(42)43)22-24-8-4-2-5-9-24)35-17-19-46-21-20-45-18-16-34-29(41)26-10-6-3-7-11-26/h2-15,28H,16-23H2,1H3,(H,34,41)(H,42,43)(H3,35,36,37,38,39,40)/t28-/m0/s1. The Morgan fingerprint density at radius 1 is 0.717 bits per heavy atom. The number of amides is 1. The first-order chi connectivity index (χ1) is 22.5. The molecule has 4 aromatic rings. The number of aliphatic carboxylic acids is 1. The summed E-state index contributed by atoms with van der Waals surface area (Å²) in [6.07, 6.45) is 0.245. The molecular weight excluding hydrogens is 590 g/mol. The largest absolute Gasteiger partial charge is 0.497 e. The molecule has 46 heavy (non-hydrogen) atoms. The number of ether oxygens (including phenoxy) is 3. The number of carboxylic acid groups (broad SMARTS) is 1. The van der Waals surface area contributed by atoms with Crippen LogP contribution in [0, 0.1) is 0 Å². The Labute approximate surface area is 267 Å². The van der Waals surface area contributed by atoms with Gasteiger partial charge in [0.2, 0.25) is 17.8 Å². The van der Waals surface area contributed by atoms with Crippen molar-refractivity contribution in [2.24, 2.45) is 0 Å². The summed E-state index contributed by atoms with van der Waals surface area (Å²) in [6, 6.07) is 25.0. The van der Waals surface area contributed by atoms with Gasteiger partial charge in [0.15, 0.2) is 0 Å². The number of nitrogens with zero attached hydrogens (tertiary/aromatic N) is 3. The molecule has 13 nitrogen and oxygen atoms in total. The lowest BCUT2D eigenvalue weighted by Crippen LogP contribution is -2.32. The fraction of sp³-hybridized carbons (Fsp3) is 0.303. The van der Waals surface area contributed by atoms with Gasteiger partial charge >= 0.3 is 5.97 Å². The van der Waals surface area contributed by atoms with Crippen LogP contribution in [0.1, 0.15) is 21.5 Å². The van der Waals surface area contributed by atoms with Crippen molar-refractivity contribution in [3.63, 3.8) is 0 Å². The Bertz CT molecular complexity index is 1490. The fourth-order valence-electron chi connectivity index (χ4n) is 4.21. The maximum Gasteiger partial charge on any atom is 0.326 e. The minimum Gasteiger partial charge on any atom is -0.497 e. The van der Waals surface area contributed by atoms with Crippen LogP contribution in [0.2, 0.25) is 0 Å². The van der Waals surface area contributed by atoms with Crippen LogP contribution in [0.5, 0.6) is 5.75 Å². The first-order valence-corrected chi connectivity index (χ1v) is 14.9. The van der Waals surface area contributed by atoms with Crippen molar-refractivity contribution < 1.29 is 28.9 Å². The van der Waals surface area contributed by atoms with Crippen molar-refractivity contribution >= 4 is 29.7 Å². The lowest BCUT2D eigenvalue weighted by atomic mass is 10.1. The second kappa shape index (κ2) is 18.5. The summed E-state index contributed by atoms with van der Waals surface area (Å²) < 4.78 is 16.4. The number of rotatable bonds is 20. The van der Waals surface area contributed by atoms with E-state index in [-0.39, 0.29) is 30.2 Å². The summed E-state index contributed by atoms with van der Waals surface area (Å²) >= 11 is 0. The van der Waals surface area contributed by atoms with Crippen LogP contribution in [0.15, 0.2) is 84.9 Å². The third-order valence-corrected chi connectivity index (χ3v) is 6.60. The number of benzene rings is 3. The Hall–Kier alpha value is -5.27. The number of carbonyl (C=O) groups is 2. The molecule has 1 aromatic heterocycles.